The summed E-state index contributed by atoms with van der Waals surface area (Å²) in [6.45, 7) is 3.43. The number of carbonyl (C=O) groups is 2. The SMILES string of the molecule is CC(C)C[C@H](NC(=O)c1cc(F)c(F)c(O)c1F)C(=O)O. The molecular formula is C13H14F3NO4. The van der Waals surface area contributed by atoms with Crippen molar-refractivity contribution < 1.29 is 33.0 Å². The van der Waals surface area contributed by atoms with Gasteiger partial charge in [0, 0.05) is 0 Å². The summed E-state index contributed by atoms with van der Waals surface area (Å²) in [5.41, 5.74) is -0.971. The molecule has 0 unspecified atom stereocenters. The van der Waals surface area contributed by atoms with Crippen LogP contribution in [0.15, 0.2) is 6.07 Å². The summed E-state index contributed by atoms with van der Waals surface area (Å²) in [6, 6.07) is -1.05. The first kappa shape index (κ1) is 16.8. The van der Waals surface area contributed by atoms with E-state index in [4.69, 9.17) is 10.2 Å². The molecule has 0 saturated heterocycles. The van der Waals surface area contributed by atoms with Crippen LogP contribution in [0.3, 0.4) is 0 Å². The van der Waals surface area contributed by atoms with E-state index in [0.717, 1.165) is 0 Å². The van der Waals surface area contributed by atoms with Crippen LogP contribution in [0.5, 0.6) is 5.75 Å². The van der Waals surface area contributed by atoms with Gasteiger partial charge in [0.05, 0.1) is 5.56 Å². The van der Waals surface area contributed by atoms with Gasteiger partial charge in [0.1, 0.15) is 6.04 Å². The van der Waals surface area contributed by atoms with E-state index in [1.165, 1.54) is 0 Å². The van der Waals surface area contributed by atoms with Crippen LogP contribution in [0, 0.1) is 23.4 Å². The first-order valence-electron chi connectivity index (χ1n) is 6.05. The summed E-state index contributed by atoms with van der Waals surface area (Å²) in [7, 11) is 0. The van der Waals surface area contributed by atoms with Crippen molar-refractivity contribution >= 4 is 11.9 Å². The van der Waals surface area contributed by atoms with Gasteiger partial charge in [-0.05, 0) is 18.4 Å². The predicted octanol–water partition coefficient (Wildman–Crippen LogP) is 2.04. The van der Waals surface area contributed by atoms with E-state index < -0.39 is 46.7 Å². The van der Waals surface area contributed by atoms with Crippen LogP contribution in [0.4, 0.5) is 13.2 Å². The molecule has 1 amide bonds. The topological polar surface area (TPSA) is 86.6 Å². The molecule has 0 aliphatic rings. The second kappa shape index (κ2) is 6.47. The van der Waals surface area contributed by atoms with Crippen molar-refractivity contribution in [2.45, 2.75) is 26.3 Å². The first-order chi connectivity index (χ1) is 9.65. The average molecular weight is 305 g/mol. The summed E-state index contributed by atoms with van der Waals surface area (Å²) in [6.07, 6.45) is 0.0678. The number of amides is 1. The Morgan fingerprint density at radius 2 is 1.81 bits per heavy atom. The molecule has 3 N–H and O–H groups in total. The Hall–Kier alpha value is -2.25. The minimum Gasteiger partial charge on any atom is -0.503 e. The number of phenols is 1. The fourth-order valence-electron chi connectivity index (χ4n) is 1.68. The Kier molecular flexibility index (Phi) is 5.17. The summed E-state index contributed by atoms with van der Waals surface area (Å²) >= 11 is 0. The minimum absolute atomic E-state index is 0.0678. The number of aliphatic carboxylic acids is 1. The first-order valence-corrected chi connectivity index (χ1v) is 6.05. The normalized spacial score (nSPS) is 12.3. The van der Waals surface area contributed by atoms with Crippen LogP contribution >= 0.6 is 0 Å². The van der Waals surface area contributed by atoms with Crippen molar-refractivity contribution in [1.29, 1.82) is 0 Å². The summed E-state index contributed by atoms with van der Waals surface area (Å²) in [4.78, 5) is 22.7. The van der Waals surface area contributed by atoms with Crippen molar-refractivity contribution in [3.8, 4) is 5.75 Å². The van der Waals surface area contributed by atoms with Gasteiger partial charge in [-0.15, -0.1) is 0 Å². The number of hydrogen-bond acceptors (Lipinski definition) is 3. The van der Waals surface area contributed by atoms with E-state index in [0.29, 0.717) is 0 Å². The van der Waals surface area contributed by atoms with E-state index in [9.17, 15) is 22.8 Å². The number of aromatic hydroxyl groups is 1. The molecule has 21 heavy (non-hydrogen) atoms. The van der Waals surface area contributed by atoms with E-state index in [2.05, 4.69) is 0 Å². The Balaban J connectivity index is 3.06. The van der Waals surface area contributed by atoms with Crippen molar-refractivity contribution in [3.63, 3.8) is 0 Å². The third-order valence-corrected chi connectivity index (χ3v) is 2.69. The fourth-order valence-corrected chi connectivity index (χ4v) is 1.68. The zero-order valence-corrected chi connectivity index (χ0v) is 11.3. The van der Waals surface area contributed by atoms with Gasteiger partial charge in [-0.1, -0.05) is 13.8 Å². The summed E-state index contributed by atoms with van der Waals surface area (Å²) in [5, 5.41) is 20.0. The molecule has 0 heterocycles. The lowest BCUT2D eigenvalue weighted by Gasteiger charge is -2.17. The molecule has 0 aromatic heterocycles. The molecule has 0 radical (unpaired) electrons. The van der Waals surface area contributed by atoms with Crippen LogP contribution in [-0.2, 0) is 4.79 Å². The highest BCUT2D eigenvalue weighted by molar-refractivity contribution is 5.97. The van der Waals surface area contributed by atoms with Crippen LogP contribution in [0.2, 0.25) is 0 Å². The largest absolute Gasteiger partial charge is 0.503 e. The molecule has 116 valence electrons. The maximum absolute atomic E-state index is 13.5. The number of halogens is 3. The molecule has 1 rings (SSSR count). The lowest BCUT2D eigenvalue weighted by molar-refractivity contribution is -0.139. The molecular weight excluding hydrogens is 291 g/mol. The molecule has 0 saturated carbocycles. The second-order valence-corrected chi connectivity index (χ2v) is 4.88. The van der Waals surface area contributed by atoms with Gasteiger partial charge < -0.3 is 15.5 Å². The zero-order chi connectivity index (χ0) is 16.3. The van der Waals surface area contributed by atoms with E-state index in [1.807, 2.05) is 5.32 Å². The summed E-state index contributed by atoms with van der Waals surface area (Å²) < 4.78 is 39.5. The maximum Gasteiger partial charge on any atom is 0.326 e. The third kappa shape index (κ3) is 3.87. The number of carboxylic acid groups (broad SMARTS) is 1. The van der Waals surface area contributed by atoms with Gasteiger partial charge >= 0.3 is 5.97 Å². The zero-order valence-electron chi connectivity index (χ0n) is 11.3. The van der Waals surface area contributed by atoms with Crippen molar-refractivity contribution in [1.82, 2.24) is 5.32 Å². The molecule has 1 atom stereocenters. The van der Waals surface area contributed by atoms with Gasteiger partial charge in [0.2, 0.25) is 5.82 Å². The van der Waals surface area contributed by atoms with E-state index in [-0.39, 0.29) is 18.4 Å². The van der Waals surface area contributed by atoms with Crippen molar-refractivity contribution in [3.05, 3.63) is 29.1 Å². The van der Waals surface area contributed by atoms with Gasteiger partial charge in [0.25, 0.3) is 5.91 Å². The smallest absolute Gasteiger partial charge is 0.326 e. The predicted molar refractivity (Wildman–Crippen MR) is 66.3 cm³/mol. The fraction of sp³-hybridized carbons (Fsp3) is 0.385. The number of benzene rings is 1. The molecule has 0 bridgehead atoms. The number of nitrogens with one attached hydrogen (secondary N) is 1. The van der Waals surface area contributed by atoms with E-state index in [1.54, 1.807) is 13.8 Å². The molecule has 1 aromatic rings. The number of phenolic OH excluding ortho intramolecular Hbond substituents is 1. The standard InChI is InChI=1S/C13H14F3NO4/c1-5(2)3-8(13(20)21)17-12(19)6-4-7(14)10(16)11(18)9(6)15/h4-5,8,18H,3H2,1-2H3,(H,17,19)(H,20,21)/t8-/m0/s1. The highest BCUT2D eigenvalue weighted by Crippen LogP contribution is 2.25. The molecule has 1 aromatic carbocycles. The molecule has 0 spiro atoms. The number of rotatable bonds is 5. The van der Waals surface area contributed by atoms with Crippen molar-refractivity contribution in [2.24, 2.45) is 5.92 Å². The minimum atomic E-state index is -1.82. The van der Waals surface area contributed by atoms with Gasteiger partial charge in [-0.25, -0.2) is 13.6 Å². The molecule has 0 aliphatic carbocycles. The van der Waals surface area contributed by atoms with Gasteiger partial charge in [-0.3, -0.25) is 4.79 Å². The van der Waals surface area contributed by atoms with Crippen LogP contribution in [-0.4, -0.2) is 28.1 Å². The molecule has 0 aliphatic heterocycles. The highest BCUT2D eigenvalue weighted by Gasteiger charge is 2.26. The highest BCUT2D eigenvalue weighted by atomic mass is 19.2. The van der Waals surface area contributed by atoms with Crippen LogP contribution in [0.1, 0.15) is 30.6 Å². The Labute approximate surface area is 118 Å². The lowest BCUT2D eigenvalue weighted by Crippen LogP contribution is -2.42. The van der Waals surface area contributed by atoms with Crippen molar-refractivity contribution in [2.75, 3.05) is 0 Å². The monoisotopic (exact) mass is 305 g/mol. The Morgan fingerprint density at radius 1 is 1.24 bits per heavy atom. The maximum atomic E-state index is 13.5. The Bertz CT molecular complexity index is 575. The second-order valence-electron chi connectivity index (χ2n) is 4.88. The van der Waals surface area contributed by atoms with Crippen LogP contribution in [0.25, 0.3) is 0 Å². The third-order valence-electron chi connectivity index (χ3n) is 2.69. The molecule has 0 fully saturated rings. The van der Waals surface area contributed by atoms with E-state index >= 15 is 0 Å². The number of hydrogen-bond donors (Lipinski definition) is 3. The quantitative estimate of drug-likeness (QED) is 0.727. The lowest BCUT2D eigenvalue weighted by atomic mass is 10.0. The molecule has 8 heteroatoms. The summed E-state index contributed by atoms with van der Waals surface area (Å²) in [5.74, 6) is -9.39. The average Bonchev–Trinajstić information content (AvgIpc) is 2.38. The number of carboxylic acids is 1. The number of carbonyl (C=O) groups excluding carboxylic acids is 1. The van der Waals surface area contributed by atoms with Crippen LogP contribution < -0.4 is 5.32 Å². The van der Waals surface area contributed by atoms with Gasteiger partial charge in [-0.2, -0.15) is 4.39 Å². The van der Waals surface area contributed by atoms with Gasteiger partial charge in [0.15, 0.2) is 17.4 Å². The molecule has 5 nitrogen and oxygen atoms in total. The Morgan fingerprint density at radius 3 is 2.29 bits per heavy atom.